The molecule has 1 aromatic carbocycles. The number of ketones is 1. The van der Waals surface area contributed by atoms with Crippen molar-refractivity contribution in [2.24, 2.45) is 0 Å². The van der Waals surface area contributed by atoms with Crippen molar-refractivity contribution in [3.05, 3.63) is 69.8 Å². The monoisotopic (exact) mass is 335 g/mol. The molecule has 0 aromatic heterocycles. The Bertz CT molecular complexity index is 580. The summed E-state index contributed by atoms with van der Waals surface area (Å²) in [6.45, 7) is 0. The summed E-state index contributed by atoms with van der Waals surface area (Å²) >= 11 is 3.24. The molecule has 5 heteroatoms. The summed E-state index contributed by atoms with van der Waals surface area (Å²) in [5.41, 5.74) is 0.0185. The van der Waals surface area contributed by atoms with Crippen LogP contribution in [-0.4, -0.2) is 21.6 Å². The molecule has 0 bridgehead atoms. The second kappa shape index (κ2) is 6.13. The third-order valence-corrected chi connectivity index (χ3v) is 3.83. The molecule has 1 aromatic rings. The second-order valence-electron chi connectivity index (χ2n) is 4.69. The molecular formula is C15H14BrNO3. The number of nitrogens with zero attached hydrogens (tertiary/aromatic N) is 1. The third kappa shape index (κ3) is 2.88. The predicted octanol–water partition coefficient (Wildman–Crippen LogP) is 3.56. The van der Waals surface area contributed by atoms with Crippen molar-refractivity contribution in [2.45, 2.75) is 18.4 Å². The van der Waals surface area contributed by atoms with Crippen LogP contribution in [0.4, 0.5) is 0 Å². The largest absolute Gasteiger partial charge is 0.289 e. The summed E-state index contributed by atoms with van der Waals surface area (Å²) in [7, 11) is 0. The molecule has 1 aliphatic carbocycles. The van der Waals surface area contributed by atoms with Crippen LogP contribution in [-0.2, 0) is 0 Å². The number of rotatable bonds is 5. The maximum atomic E-state index is 12.2. The number of carbonyl (C=O) groups excluding carboxylic acids is 1. The Hall–Kier alpha value is -1.75. The fourth-order valence-electron chi connectivity index (χ4n) is 2.17. The summed E-state index contributed by atoms with van der Waals surface area (Å²) in [6.07, 6.45) is 5.44. The molecule has 104 valence electrons. The van der Waals surface area contributed by atoms with E-state index in [2.05, 4.69) is 15.9 Å². The summed E-state index contributed by atoms with van der Waals surface area (Å²) in [4.78, 5) is 23.2. The first-order valence-electron chi connectivity index (χ1n) is 6.29. The minimum atomic E-state index is -1.09. The maximum absolute atomic E-state index is 12.2. The lowest BCUT2D eigenvalue weighted by Gasteiger charge is -2.23. The van der Waals surface area contributed by atoms with Gasteiger partial charge in [-0.3, -0.25) is 14.9 Å². The SMILES string of the molecule is O=C(C1=CCC(CCBr)([N+](=O)[O-])C=C1)c1ccccc1. The van der Waals surface area contributed by atoms with Gasteiger partial charge in [0.2, 0.25) is 5.54 Å². The molecule has 0 heterocycles. The van der Waals surface area contributed by atoms with Gasteiger partial charge in [0.1, 0.15) is 0 Å². The van der Waals surface area contributed by atoms with Gasteiger partial charge in [-0.1, -0.05) is 52.3 Å². The fraction of sp³-hybridized carbons (Fsp3) is 0.267. The minimum absolute atomic E-state index is 0.0994. The average Bonchev–Trinajstić information content (AvgIpc) is 2.48. The number of hydrogen-bond acceptors (Lipinski definition) is 3. The van der Waals surface area contributed by atoms with Gasteiger partial charge in [-0.25, -0.2) is 0 Å². The normalized spacial score (nSPS) is 21.4. The molecule has 0 radical (unpaired) electrons. The molecule has 2 rings (SSSR count). The number of hydrogen-bond donors (Lipinski definition) is 0. The van der Waals surface area contributed by atoms with Crippen LogP contribution in [0.3, 0.4) is 0 Å². The fourth-order valence-corrected chi connectivity index (χ4v) is 2.85. The number of alkyl halides is 1. The molecule has 1 unspecified atom stereocenters. The smallest absolute Gasteiger partial charge is 0.244 e. The van der Waals surface area contributed by atoms with E-state index in [1.54, 1.807) is 42.5 Å². The van der Waals surface area contributed by atoms with E-state index >= 15 is 0 Å². The molecule has 0 aliphatic heterocycles. The number of allylic oxidation sites excluding steroid dienone is 2. The first kappa shape index (κ1) is 14.7. The second-order valence-corrected chi connectivity index (χ2v) is 5.48. The molecule has 20 heavy (non-hydrogen) atoms. The molecule has 0 spiro atoms. The molecule has 4 nitrogen and oxygen atoms in total. The van der Waals surface area contributed by atoms with E-state index in [4.69, 9.17) is 0 Å². The first-order chi connectivity index (χ1) is 9.59. The van der Waals surface area contributed by atoms with Gasteiger partial charge in [-0.15, -0.1) is 0 Å². The van der Waals surface area contributed by atoms with Gasteiger partial charge in [0.05, 0.1) is 0 Å². The minimum Gasteiger partial charge on any atom is -0.289 e. The molecule has 1 atom stereocenters. The van der Waals surface area contributed by atoms with Gasteiger partial charge < -0.3 is 0 Å². The highest BCUT2D eigenvalue weighted by Crippen LogP contribution is 2.29. The quantitative estimate of drug-likeness (QED) is 0.357. The topological polar surface area (TPSA) is 60.2 Å². The van der Waals surface area contributed by atoms with Crippen LogP contribution in [0.2, 0.25) is 0 Å². The van der Waals surface area contributed by atoms with Crippen LogP contribution < -0.4 is 0 Å². The third-order valence-electron chi connectivity index (χ3n) is 3.44. The molecule has 0 fully saturated rings. The van der Waals surface area contributed by atoms with Crippen molar-refractivity contribution in [1.82, 2.24) is 0 Å². The molecule has 1 aliphatic rings. The van der Waals surface area contributed by atoms with Gasteiger partial charge in [0.15, 0.2) is 5.78 Å². The van der Waals surface area contributed by atoms with Gasteiger partial charge in [-0.2, -0.15) is 0 Å². The highest BCUT2D eigenvalue weighted by molar-refractivity contribution is 9.09. The van der Waals surface area contributed by atoms with Crippen LogP contribution in [0.5, 0.6) is 0 Å². The van der Waals surface area contributed by atoms with E-state index in [1.807, 2.05) is 6.07 Å². The Morgan fingerprint density at radius 3 is 2.55 bits per heavy atom. The van der Waals surface area contributed by atoms with Gasteiger partial charge in [0.25, 0.3) is 0 Å². The summed E-state index contributed by atoms with van der Waals surface area (Å²) in [6, 6.07) is 8.92. The van der Waals surface area contributed by atoms with Crippen LogP contribution in [0.15, 0.2) is 54.1 Å². The van der Waals surface area contributed by atoms with E-state index in [0.29, 0.717) is 22.9 Å². The number of carbonyl (C=O) groups is 1. The number of Topliss-reactive ketones (excluding diaryl/α,β-unsaturated/α-hetero) is 1. The van der Waals surface area contributed by atoms with Gasteiger partial charge >= 0.3 is 0 Å². The van der Waals surface area contributed by atoms with Crippen molar-refractivity contribution in [2.75, 3.05) is 5.33 Å². The lowest BCUT2D eigenvalue weighted by atomic mass is 9.85. The van der Waals surface area contributed by atoms with Crippen molar-refractivity contribution in [3.63, 3.8) is 0 Å². The average molecular weight is 336 g/mol. The van der Waals surface area contributed by atoms with Crippen LogP contribution in [0, 0.1) is 10.1 Å². The van der Waals surface area contributed by atoms with E-state index in [-0.39, 0.29) is 17.1 Å². The highest BCUT2D eigenvalue weighted by Gasteiger charge is 2.40. The van der Waals surface area contributed by atoms with Crippen LogP contribution in [0.25, 0.3) is 0 Å². The van der Waals surface area contributed by atoms with Crippen molar-refractivity contribution in [3.8, 4) is 0 Å². The van der Waals surface area contributed by atoms with Crippen LogP contribution in [0.1, 0.15) is 23.2 Å². The highest BCUT2D eigenvalue weighted by atomic mass is 79.9. The molecule has 0 saturated heterocycles. The van der Waals surface area contributed by atoms with Gasteiger partial charge in [-0.05, 0) is 12.2 Å². The zero-order valence-corrected chi connectivity index (χ0v) is 12.4. The summed E-state index contributed by atoms with van der Waals surface area (Å²) < 4.78 is 0. The Morgan fingerprint density at radius 2 is 2.05 bits per heavy atom. The molecular weight excluding hydrogens is 322 g/mol. The van der Waals surface area contributed by atoms with Crippen molar-refractivity contribution >= 4 is 21.7 Å². The van der Waals surface area contributed by atoms with Crippen molar-refractivity contribution in [1.29, 1.82) is 0 Å². The first-order valence-corrected chi connectivity index (χ1v) is 7.41. The van der Waals surface area contributed by atoms with E-state index in [0.717, 1.165) is 0 Å². The van der Waals surface area contributed by atoms with E-state index in [9.17, 15) is 14.9 Å². The lowest BCUT2D eigenvalue weighted by Crippen LogP contribution is -2.37. The number of halogens is 1. The Morgan fingerprint density at radius 1 is 1.35 bits per heavy atom. The summed E-state index contributed by atoms with van der Waals surface area (Å²) in [5.74, 6) is -0.0994. The molecule has 0 amide bonds. The standard InChI is InChI=1S/C15H14BrNO3/c16-11-10-15(17(19)20)8-6-13(7-9-15)14(18)12-4-2-1-3-5-12/h1-8H,9-11H2. The van der Waals surface area contributed by atoms with E-state index < -0.39 is 5.54 Å². The van der Waals surface area contributed by atoms with Crippen molar-refractivity contribution < 1.29 is 9.72 Å². The molecule has 0 saturated carbocycles. The van der Waals surface area contributed by atoms with E-state index in [1.165, 1.54) is 0 Å². The Balaban J connectivity index is 2.20. The van der Waals surface area contributed by atoms with Gasteiger partial charge in [0, 0.05) is 34.2 Å². The zero-order valence-electron chi connectivity index (χ0n) is 10.8. The Kier molecular flexibility index (Phi) is 4.49. The lowest BCUT2D eigenvalue weighted by molar-refractivity contribution is -0.554. The zero-order chi connectivity index (χ0) is 14.6. The van der Waals surface area contributed by atoms with Crippen LogP contribution >= 0.6 is 15.9 Å². The predicted molar refractivity (Wildman–Crippen MR) is 80.7 cm³/mol. The number of benzene rings is 1. The Labute approximate surface area is 125 Å². The summed E-state index contributed by atoms with van der Waals surface area (Å²) in [5, 5.41) is 11.8. The number of nitro groups is 1. The maximum Gasteiger partial charge on any atom is 0.244 e. The molecule has 0 N–H and O–H groups in total.